The van der Waals surface area contributed by atoms with E-state index in [2.05, 4.69) is 10.2 Å². The van der Waals surface area contributed by atoms with Gasteiger partial charge in [-0.3, -0.25) is 0 Å². The van der Waals surface area contributed by atoms with Crippen molar-refractivity contribution in [2.75, 3.05) is 6.54 Å². The average Bonchev–Trinajstić information content (AvgIpc) is 3.41. The SMILES string of the molecule is O=C(N1CC(O)C=CC1Cc1ccccc1)n1ncc(C(O)(c2ccc(F)cc2)c2ccc(F)cc2)n1. The van der Waals surface area contributed by atoms with Gasteiger partial charge in [0.25, 0.3) is 0 Å². The van der Waals surface area contributed by atoms with Crippen molar-refractivity contribution in [1.29, 1.82) is 0 Å². The van der Waals surface area contributed by atoms with Crippen molar-refractivity contribution >= 4 is 6.03 Å². The van der Waals surface area contributed by atoms with E-state index in [0.29, 0.717) is 6.42 Å². The fourth-order valence-corrected chi connectivity index (χ4v) is 4.49. The number of halogens is 2. The Morgan fingerprint density at radius 2 is 1.51 bits per heavy atom. The molecule has 37 heavy (non-hydrogen) atoms. The second-order valence-electron chi connectivity index (χ2n) is 8.89. The second-order valence-corrected chi connectivity index (χ2v) is 8.89. The van der Waals surface area contributed by atoms with Crippen molar-refractivity contribution in [3.05, 3.63) is 131 Å². The Bertz CT molecular complexity index is 1360. The van der Waals surface area contributed by atoms with Crippen LogP contribution in [0.2, 0.25) is 0 Å². The Kier molecular flexibility index (Phi) is 6.64. The van der Waals surface area contributed by atoms with Crippen LogP contribution in [0.3, 0.4) is 0 Å². The van der Waals surface area contributed by atoms with Crippen molar-refractivity contribution in [1.82, 2.24) is 19.9 Å². The zero-order valence-electron chi connectivity index (χ0n) is 19.7. The number of amides is 1. The molecule has 7 nitrogen and oxygen atoms in total. The quantitative estimate of drug-likeness (QED) is 0.407. The van der Waals surface area contributed by atoms with Crippen LogP contribution in [0, 0.1) is 11.6 Å². The summed E-state index contributed by atoms with van der Waals surface area (Å²) in [5, 5.41) is 30.5. The Balaban J connectivity index is 1.50. The van der Waals surface area contributed by atoms with Crippen LogP contribution in [0.25, 0.3) is 0 Å². The number of hydrogen-bond acceptors (Lipinski definition) is 5. The van der Waals surface area contributed by atoms with E-state index in [1.807, 2.05) is 30.3 Å². The van der Waals surface area contributed by atoms with E-state index >= 15 is 0 Å². The molecule has 1 aromatic heterocycles. The highest BCUT2D eigenvalue weighted by atomic mass is 19.1. The Morgan fingerprint density at radius 1 is 0.919 bits per heavy atom. The van der Waals surface area contributed by atoms with Crippen LogP contribution in [0.5, 0.6) is 0 Å². The van der Waals surface area contributed by atoms with E-state index in [4.69, 9.17) is 0 Å². The Hall–Kier alpha value is -4.21. The third-order valence-corrected chi connectivity index (χ3v) is 6.43. The molecule has 2 unspecified atom stereocenters. The molecule has 2 N–H and O–H groups in total. The molecule has 0 bridgehead atoms. The van der Waals surface area contributed by atoms with Gasteiger partial charge in [0.15, 0.2) is 5.60 Å². The normalized spacial score (nSPS) is 17.7. The van der Waals surface area contributed by atoms with Crippen molar-refractivity contribution < 1.29 is 23.8 Å². The zero-order chi connectivity index (χ0) is 26.0. The van der Waals surface area contributed by atoms with Crippen LogP contribution >= 0.6 is 0 Å². The molecule has 0 aliphatic carbocycles. The lowest BCUT2D eigenvalue weighted by Gasteiger charge is -2.33. The maximum absolute atomic E-state index is 13.6. The molecule has 1 aliphatic heterocycles. The van der Waals surface area contributed by atoms with E-state index in [-0.39, 0.29) is 29.4 Å². The van der Waals surface area contributed by atoms with Gasteiger partial charge in [0.1, 0.15) is 17.3 Å². The molecule has 0 radical (unpaired) electrons. The van der Waals surface area contributed by atoms with E-state index in [0.717, 1.165) is 10.4 Å². The molecule has 0 saturated heterocycles. The first-order valence-corrected chi connectivity index (χ1v) is 11.7. The predicted molar refractivity (Wildman–Crippen MR) is 132 cm³/mol. The largest absolute Gasteiger partial charge is 0.387 e. The number of rotatable bonds is 5. The minimum atomic E-state index is -1.94. The summed E-state index contributed by atoms with van der Waals surface area (Å²) >= 11 is 0. The maximum Gasteiger partial charge on any atom is 0.362 e. The minimum Gasteiger partial charge on any atom is -0.387 e. The van der Waals surface area contributed by atoms with Crippen LogP contribution in [0.1, 0.15) is 22.4 Å². The zero-order valence-corrected chi connectivity index (χ0v) is 19.7. The molecule has 1 amide bonds. The predicted octanol–water partition coefficient (Wildman–Crippen LogP) is 3.65. The first kappa shape index (κ1) is 24.5. The molecule has 5 rings (SSSR count). The molecular weight excluding hydrogens is 478 g/mol. The number of aliphatic hydroxyl groups is 2. The molecule has 0 spiro atoms. The summed E-state index contributed by atoms with van der Waals surface area (Å²) in [7, 11) is 0. The lowest BCUT2D eigenvalue weighted by atomic mass is 9.84. The highest BCUT2D eigenvalue weighted by Crippen LogP contribution is 2.35. The van der Waals surface area contributed by atoms with Crippen LogP contribution in [-0.2, 0) is 12.0 Å². The fourth-order valence-electron chi connectivity index (χ4n) is 4.49. The molecular formula is C28H24F2N4O3. The highest BCUT2D eigenvalue weighted by Gasteiger charge is 2.38. The topological polar surface area (TPSA) is 91.5 Å². The molecule has 9 heteroatoms. The number of carbonyl (C=O) groups is 1. The molecule has 4 aromatic rings. The summed E-state index contributed by atoms with van der Waals surface area (Å²) in [5.74, 6) is -0.990. The number of hydrogen-bond donors (Lipinski definition) is 2. The Labute approximate surface area is 211 Å². The van der Waals surface area contributed by atoms with E-state index < -0.39 is 29.4 Å². The van der Waals surface area contributed by atoms with E-state index in [9.17, 15) is 23.8 Å². The molecule has 1 aliphatic rings. The van der Waals surface area contributed by atoms with Crippen LogP contribution in [0.15, 0.2) is 97.2 Å². The standard InChI is InChI=1S/C28H24F2N4O3/c29-22-10-6-20(7-11-22)28(37,21-8-12-23(30)13-9-21)26-17-31-34(32-26)27(36)33-18-25(35)15-14-24(33)16-19-4-2-1-3-5-19/h1-15,17,24-25,35,37H,16,18H2. The lowest BCUT2D eigenvalue weighted by molar-refractivity contribution is 0.115. The molecule has 0 fully saturated rings. The third-order valence-electron chi connectivity index (χ3n) is 6.43. The maximum atomic E-state index is 13.6. The number of aromatic nitrogens is 3. The lowest BCUT2D eigenvalue weighted by Crippen LogP contribution is -2.49. The summed E-state index contributed by atoms with van der Waals surface area (Å²) in [6.45, 7) is 0.0455. The molecule has 0 saturated carbocycles. The smallest absolute Gasteiger partial charge is 0.362 e. The molecule has 3 aromatic carbocycles. The first-order valence-electron chi connectivity index (χ1n) is 11.7. The van der Waals surface area contributed by atoms with Gasteiger partial charge in [0.05, 0.1) is 24.9 Å². The Morgan fingerprint density at radius 3 is 2.11 bits per heavy atom. The van der Waals surface area contributed by atoms with Gasteiger partial charge >= 0.3 is 6.03 Å². The molecule has 188 valence electrons. The van der Waals surface area contributed by atoms with E-state index in [1.165, 1.54) is 59.6 Å². The highest BCUT2D eigenvalue weighted by molar-refractivity contribution is 5.76. The van der Waals surface area contributed by atoms with Crippen LogP contribution in [0.4, 0.5) is 13.6 Å². The van der Waals surface area contributed by atoms with Gasteiger partial charge < -0.3 is 15.1 Å². The summed E-state index contributed by atoms with van der Waals surface area (Å²) in [6.07, 6.45) is 4.35. The number of aliphatic hydroxyl groups excluding tert-OH is 1. The van der Waals surface area contributed by atoms with Gasteiger partial charge in [-0.2, -0.15) is 5.10 Å². The summed E-state index contributed by atoms with van der Waals surface area (Å²) in [6, 6.07) is 19.0. The summed E-state index contributed by atoms with van der Waals surface area (Å²) in [4.78, 5) is 15.8. The third kappa shape index (κ3) is 4.91. The monoisotopic (exact) mass is 502 g/mol. The van der Waals surface area contributed by atoms with Crippen molar-refractivity contribution in [3.8, 4) is 0 Å². The van der Waals surface area contributed by atoms with E-state index in [1.54, 1.807) is 12.2 Å². The average molecular weight is 503 g/mol. The number of carbonyl (C=O) groups excluding carboxylic acids is 1. The number of β-amino-alcohol motifs (C(OH)–C–C–N with tert-alkyl or cyclic N) is 1. The van der Waals surface area contributed by atoms with Gasteiger partial charge in [-0.15, -0.1) is 5.10 Å². The first-order chi connectivity index (χ1) is 17.8. The number of benzene rings is 3. The van der Waals surface area contributed by atoms with Crippen molar-refractivity contribution in [2.45, 2.75) is 24.2 Å². The summed E-state index contributed by atoms with van der Waals surface area (Å²) in [5.41, 5.74) is -0.407. The van der Waals surface area contributed by atoms with Gasteiger partial charge in [-0.25, -0.2) is 13.6 Å². The van der Waals surface area contributed by atoms with Crippen molar-refractivity contribution in [2.24, 2.45) is 0 Å². The van der Waals surface area contributed by atoms with Gasteiger partial charge in [0.2, 0.25) is 0 Å². The molecule has 2 heterocycles. The van der Waals surface area contributed by atoms with Gasteiger partial charge in [-0.05, 0) is 47.4 Å². The minimum absolute atomic E-state index is 0.00762. The second kappa shape index (κ2) is 10.0. The van der Waals surface area contributed by atoms with Gasteiger partial charge in [-0.1, -0.05) is 71.5 Å². The van der Waals surface area contributed by atoms with Crippen molar-refractivity contribution in [3.63, 3.8) is 0 Å². The van der Waals surface area contributed by atoms with Crippen LogP contribution in [-0.4, -0.2) is 54.8 Å². The molecule has 2 atom stereocenters. The van der Waals surface area contributed by atoms with Crippen LogP contribution < -0.4 is 0 Å². The fraction of sp³-hybridized carbons (Fsp3) is 0.179. The van der Waals surface area contributed by atoms with Gasteiger partial charge in [0, 0.05) is 0 Å². The summed E-state index contributed by atoms with van der Waals surface area (Å²) < 4.78 is 27.3. The number of nitrogens with zero attached hydrogens (tertiary/aromatic N) is 4.